The third kappa shape index (κ3) is 6.61. The molecular formula is C24H35N5O5. The molecule has 186 valence electrons. The number of hydrogen-bond donors (Lipinski definition) is 1. The lowest BCUT2D eigenvalue weighted by molar-refractivity contribution is -0.141. The Hall–Kier alpha value is -3.30. The highest BCUT2D eigenvalue weighted by Gasteiger charge is 2.27. The average molecular weight is 474 g/mol. The molecule has 0 aliphatic carbocycles. The van der Waals surface area contributed by atoms with E-state index in [1.54, 1.807) is 4.90 Å². The Kier molecular flexibility index (Phi) is 8.01. The van der Waals surface area contributed by atoms with E-state index >= 15 is 0 Å². The first-order chi connectivity index (χ1) is 16.1. The highest BCUT2D eigenvalue weighted by atomic mass is 16.6. The van der Waals surface area contributed by atoms with Gasteiger partial charge in [-0.25, -0.2) is 14.2 Å². The van der Waals surface area contributed by atoms with Crippen LogP contribution in [0, 0.1) is 5.92 Å². The standard InChI is InChI=1S/C24H35N5O5/c1-16(2)15-19(22(30)32-6)25-21-20(26-34-27-21)17-7-9-18(10-8-17)28-11-13-29(14-12-28)23(31)33-24(3,4)5/h7-10,16,19H,11-15H2,1-6H3,(H,25,27)/t19-/m0/s1. The van der Waals surface area contributed by atoms with Gasteiger partial charge in [0, 0.05) is 37.4 Å². The number of anilines is 2. The number of piperazine rings is 1. The van der Waals surface area contributed by atoms with Crippen LogP contribution in [0.25, 0.3) is 11.3 Å². The number of nitrogens with one attached hydrogen (secondary N) is 1. The third-order valence-corrected chi connectivity index (χ3v) is 5.43. The maximum atomic E-state index is 12.3. The van der Waals surface area contributed by atoms with Gasteiger partial charge in [-0.3, -0.25) is 0 Å². The van der Waals surface area contributed by atoms with Crippen LogP contribution in [0.3, 0.4) is 0 Å². The van der Waals surface area contributed by atoms with E-state index in [-0.39, 0.29) is 18.0 Å². The normalized spacial score (nSPS) is 15.3. The van der Waals surface area contributed by atoms with Gasteiger partial charge < -0.3 is 24.6 Å². The van der Waals surface area contributed by atoms with Gasteiger partial charge in [-0.2, -0.15) is 0 Å². The second-order valence-electron chi connectivity index (χ2n) is 9.81. The Bertz CT molecular complexity index is 959. The van der Waals surface area contributed by atoms with Gasteiger partial charge in [-0.1, -0.05) is 26.0 Å². The second-order valence-corrected chi connectivity index (χ2v) is 9.81. The molecule has 0 radical (unpaired) electrons. The van der Waals surface area contributed by atoms with Gasteiger partial charge in [0.2, 0.25) is 0 Å². The zero-order chi connectivity index (χ0) is 24.9. The Labute approximate surface area is 200 Å². The van der Waals surface area contributed by atoms with Crippen LogP contribution in [0.4, 0.5) is 16.3 Å². The smallest absolute Gasteiger partial charge is 0.410 e. The van der Waals surface area contributed by atoms with Crippen molar-refractivity contribution in [1.82, 2.24) is 15.2 Å². The molecule has 1 amide bonds. The van der Waals surface area contributed by atoms with Crippen LogP contribution >= 0.6 is 0 Å². The number of hydrogen-bond acceptors (Lipinski definition) is 9. The van der Waals surface area contributed by atoms with Crippen molar-refractivity contribution < 1.29 is 23.7 Å². The molecule has 10 heteroatoms. The predicted octanol–water partition coefficient (Wildman–Crippen LogP) is 3.79. The molecule has 1 aromatic heterocycles. The van der Waals surface area contributed by atoms with Crippen molar-refractivity contribution in [3.8, 4) is 11.3 Å². The molecule has 34 heavy (non-hydrogen) atoms. The van der Waals surface area contributed by atoms with Gasteiger partial charge in [-0.05, 0) is 55.6 Å². The van der Waals surface area contributed by atoms with E-state index in [0.717, 1.165) is 11.3 Å². The van der Waals surface area contributed by atoms with Gasteiger partial charge in [-0.15, -0.1) is 0 Å². The minimum atomic E-state index is -0.545. The molecule has 1 atom stereocenters. The third-order valence-electron chi connectivity index (χ3n) is 5.43. The zero-order valence-electron chi connectivity index (χ0n) is 20.8. The molecule has 0 unspecified atom stereocenters. The summed E-state index contributed by atoms with van der Waals surface area (Å²) in [6.45, 7) is 12.3. The quantitative estimate of drug-likeness (QED) is 0.600. The number of carbonyl (C=O) groups excluding carboxylic acids is 2. The second kappa shape index (κ2) is 10.8. The summed E-state index contributed by atoms with van der Waals surface area (Å²) in [4.78, 5) is 28.4. The van der Waals surface area contributed by atoms with E-state index < -0.39 is 11.6 Å². The number of rotatable bonds is 7. The van der Waals surface area contributed by atoms with Crippen molar-refractivity contribution in [2.75, 3.05) is 43.5 Å². The summed E-state index contributed by atoms with van der Waals surface area (Å²) in [5.74, 6) is 0.327. The molecule has 2 aromatic rings. The average Bonchev–Trinajstić information content (AvgIpc) is 3.25. The highest BCUT2D eigenvalue weighted by molar-refractivity contribution is 5.81. The first kappa shape index (κ1) is 25.3. The summed E-state index contributed by atoms with van der Waals surface area (Å²) in [5.41, 5.74) is 1.89. The van der Waals surface area contributed by atoms with Crippen molar-refractivity contribution >= 4 is 23.6 Å². The molecule has 0 bridgehead atoms. The van der Waals surface area contributed by atoms with Crippen molar-refractivity contribution in [2.24, 2.45) is 5.92 Å². The number of ether oxygens (including phenoxy) is 2. The Morgan fingerprint density at radius 2 is 1.74 bits per heavy atom. The van der Waals surface area contributed by atoms with Crippen LogP contribution in [0.15, 0.2) is 28.9 Å². The minimum absolute atomic E-state index is 0.274. The summed E-state index contributed by atoms with van der Waals surface area (Å²) in [6, 6.07) is 7.34. The fraction of sp³-hybridized carbons (Fsp3) is 0.583. The first-order valence-electron chi connectivity index (χ1n) is 11.6. The molecule has 1 aromatic carbocycles. The zero-order valence-corrected chi connectivity index (χ0v) is 20.8. The van der Waals surface area contributed by atoms with Crippen molar-refractivity contribution in [1.29, 1.82) is 0 Å². The predicted molar refractivity (Wildman–Crippen MR) is 129 cm³/mol. The Morgan fingerprint density at radius 1 is 1.09 bits per heavy atom. The van der Waals surface area contributed by atoms with Crippen molar-refractivity contribution in [2.45, 2.75) is 52.7 Å². The fourth-order valence-corrected chi connectivity index (χ4v) is 3.77. The number of nitrogens with zero attached hydrogens (tertiary/aromatic N) is 4. The molecule has 1 fully saturated rings. The number of carbonyl (C=O) groups is 2. The summed E-state index contributed by atoms with van der Waals surface area (Å²) in [5, 5.41) is 11.1. The number of amides is 1. The lowest BCUT2D eigenvalue weighted by atomic mass is 10.0. The topological polar surface area (TPSA) is 110 Å². The summed E-state index contributed by atoms with van der Waals surface area (Å²) in [6.07, 6.45) is 0.316. The van der Waals surface area contributed by atoms with E-state index in [0.29, 0.717) is 44.1 Å². The molecule has 0 saturated carbocycles. The van der Waals surface area contributed by atoms with Crippen LogP contribution < -0.4 is 10.2 Å². The number of esters is 1. The van der Waals surface area contributed by atoms with Crippen LogP contribution in [-0.2, 0) is 14.3 Å². The Balaban J connectivity index is 1.64. The summed E-state index contributed by atoms with van der Waals surface area (Å²) < 4.78 is 15.3. The minimum Gasteiger partial charge on any atom is -0.467 e. The molecule has 10 nitrogen and oxygen atoms in total. The lowest BCUT2D eigenvalue weighted by Crippen LogP contribution is -2.50. The number of benzene rings is 1. The molecule has 1 N–H and O–H groups in total. The van der Waals surface area contributed by atoms with Gasteiger partial charge in [0.25, 0.3) is 0 Å². The molecule has 1 aliphatic heterocycles. The van der Waals surface area contributed by atoms with Crippen LogP contribution in [0.5, 0.6) is 0 Å². The highest BCUT2D eigenvalue weighted by Crippen LogP contribution is 2.28. The van der Waals surface area contributed by atoms with E-state index in [1.807, 2.05) is 58.9 Å². The molecule has 1 aliphatic rings. The molecule has 0 spiro atoms. The van der Waals surface area contributed by atoms with Gasteiger partial charge in [0.05, 0.1) is 7.11 Å². The van der Waals surface area contributed by atoms with Crippen LogP contribution in [-0.4, -0.2) is 72.2 Å². The van der Waals surface area contributed by atoms with Crippen LogP contribution in [0.2, 0.25) is 0 Å². The largest absolute Gasteiger partial charge is 0.467 e. The molecule has 1 saturated heterocycles. The SMILES string of the molecule is COC(=O)[C@H](CC(C)C)Nc1nonc1-c1ccc(N2CCN(C(=O)OC(C)(C)C)CC2)cc1. The maximum Gasteiger partial charge on any atom is 0.410 e. The van der Waals surface area contributed by atoms with Gasteiger partial charge in [0.15, 0.2) is 11.5 Å². The van der Waals surface area contributed by atoms with Gasteiger partial charge >= 0.3 is 12.1 Å². The Morgan fingerprint density at radius 3 is 2.29 bits per heavy atom. The fourth-order valence-electron chi connectivity index (χ4n) is 3.77. The molecule has 3 rings (SSSR count). The van der Waals surface area contributed by atoms with Crippen molar-refractivity contribution in [3.05, 3.63) is 24.3 Å². The summed E-state index contributed by atoms with van der Waals surface area (Å²) in [7, 11) is 1.37. The van der Waals surface area contributed by atoms with E-state index in [4.69, 9.17) is 14.1 Å². The number of aromatic nitrogens is 2. The van der Waals surface area contributed by atoms with E-state index in [2.05, 4.69) is 20.5 Å². The monoisotopic (exact) mass is 473 g/mol. The molecule has 2 heterocycles. The summed E-state index contributed by atoms with van der Waals surface area (Å²) >= 11 is 0. The van der Waals surface area contributed by atoms with Crippen LogP contribution in [0.1, 0.15) is 41.0 Å². The van der Waals surface area contributed by atoms with E-state index in [9.17, 15) is 9.59 Å². The van der Waals surface area contributed by atoms with Crippen molar-refractivity contribution in [3.63, 3.8) is 0 Å². The van der Waals surface area contributed by atoms with Gasteiger partial charge in [0.1, 0.15) is 11.6 Å². The molecular weight excluding hydrogens is 438 g/mol. The lowest BCUT2D eigenvalue weighted by Gasteiger charge is -2.36. The van der Waals surface area contributed by atoms with E-state index in [1.165, 1.54) is 7.11 Å². The first-order valence-corrected chi connectivity index (χ1v) is 11.6. The number of methoxy groups -OCH3 is 1. The maximum absolute atomic E-state index is 12.3.